The van der Waals surface area contributed by atoms with Gasteiger partial charge in [-0.25, -0.2) is 9.37 Å². The van der Waals surface area contributed by atoms with Crippen molar-refractivity contribution < 1.29 is 4.39 Å². The Hall–Kier alpha value is -1.68. The first kappa shape index (κ1) is 12.4. The molecule has 1 aliphatic heterocycles. The summed E-state index contributed by atoms with van der Waals surface area (Å²) >= 11 is 0. The zero-order chi connectivity index (χ0) is 13.2. The van der Waals surface area contributed by atoms with Crippen molar-refractivity contribution in [1.29, 1.82) is 0 Å². The maximum absolute atomic E-state index is 13.4. The van der Waals surface area contributed by atoms with E-state index in [0.29, 0.717) is 11.8 Å². The van der Waals surface area contributed by atoms with Gasteiger partial charge in [-0.3, -0.25) is 0 Å². The maximum atomic E-state index is 13.4. The van der Waals surface area contributed by atoms with Crippen LogP contribution in [-0.4, -0.2) is 22.6 Å². The molecule has 2 heterocycles. The van der Waals surface area contributed by atoms with Crippen molar-refractivity contribution in [3.05, 3.63) is 53.9 Å². The van der Waals surface area contributed by atoms with Crippen molar-refractivity contribution in [2.45, 2.75) is 18.3 Å². The Morgan fingerprint density at radius 3 is 3.00 bits per heavy atom. The number of rotatable bonds is 2. The zero-order valence-electron chi connectivity index (χ0n) is 11.0. The average Bonchev–Trinajstić information content (AvgIpc) is 2.85. The van der Waals surface area contributed by atoms with Gasteiger partial charge in [0, 0.05) is 37.3 Å². The summed E-state index contributed by atoms with van der Waals surface area (Å²) < 4.78 is 15.5. The Labute approximate surface area is 112 Å². The average molecular weight is 259 g/mol. The van der Waals surface area contributed by atoms with E-state index < -0.39 is 0 Å². The number of aromatic nitrogens is 2. The van der Waals surface area contributed by atoms with Crippen LogP contribution in [0.2, 0.25) is 0 Å². The van der Waals surface area contributed by atoms with E-state index in [-0.39, 0.29) is 5.82 Å². The Balaban J connectivity index is 1.96. The smallest absolute Gasteiger partial charge is 0.123 e. The highest BCUT2D eigenvalue weighted by Crippen LogP contribution is 2.37. The lowest BCUT2D eigenvalue weighted by Gasteiger charge is -2.32. The number of halogens is 1. The number of hydrogen-bond acceptors (Lipinski definition) is 2. The van der Waals surface area contributed by atoms with Crippen LogP contribution in [0.25, 0.3) is 0 Å². The van der Waals surface area contributed by atoms with Gasteiger partial charge in [0.25, 0.3) is 0 Å². The predicted octanol–water partition coefficient (Wildman–Crippen LogP) is 2.42. The van der Waals surface area contributed by atoms with E-state index in [1.807, 2.05) is 25.6 Å². The number of benzene rings is 1. The van der Waals surface area contributed by atoms with Gasteiger partial charge in [0.05, 0.1) is 6.33 Å². The predicted molar refractivity (Wildman–Crippen MR) is 72.6 cm³/mol. The van der Waals surface area contributed by atoms with Crippen molar-refractivity contribution in [2.24, 2.45) is 7.05 Å². The monoisotopic (exact) mass is 259 g/mol. The highest BCUT2D eigenvalue weighted by Gasteiger charge is 2.29. The lowest BCUT2D eigenvalue weighted by molar-refractivity contribution is 0.391. The molecule has 3 rings (SSSR count). The van der Waals surface area contributed by atoms with Gasteiger partial charge in [0.2, 0.25) is 0 Å². The molecular weight excluding hydrogens is 241 g/mol. The lowest BCUT2D eigenvalue weighted by atomic mass is 9.79. The molecule has 19 heavy (non-hydrogen) atoms. The number of piperidine rings is 1. The molecule has 1 fully saturated rings. The molecule has 0 amide bonds. The molecule has 4 heteroatoms. The van der Waals surface area contributed by atoms with Gasteiger partial charge in [0.15, 0.2) is 0 Å². The van der Waals surface area contributed by atoms with E-state index in [1.54, 1.807) is 12.1 Å². The molecule has 0 radical (unpaired) electrons. The topological polar surface area (TPSA) is 29.9 Å². The summed E-state index contributed by atoms with van der Waals surface area (Å²) in [6.45, 7) is 1.89. The molecule has 0 spiro atoms. The molecule has 0 bridgehead atoms. The summed E-state index contributed by atoms with van der Waals surface area (Å²) in [4.78, 5) is 4.21. The fourth-order valence-corrected chi connectivity index (χ4v) is 3.02. The van der Waals surface area contributed by atoms with Gasteiger partial charge in [-0.15, -0.1) is 0 Å². The molecule has 0 aliphatic carbocycles. The van der Waals surface area contributed by atoms with E-state index in [0.717, 1.165) is 25.1 Å². The fraction of sp³-hybridized carbons (Fsp3) is 0.400. The van der Waals surface area contributed by atoms with Crippen LogP contribution in [0.4, 0.5) is 4.39 Å². The molecule has 3 nitrogen and oxygen atoms in total. The van der Waals surface area contributed by atoms with Crippen molar-refractivity contribution in [2.75, 3.05) is 13.1 Å². The summed E-state index contributed by atoms with van der Waals surface area (Å²) in [5.74, 6) is 0.544. The van der Waals surface area contributed by atoms with Crippen LogP contribution < -0.4 is 5.32 Å². The minimum atomic E-state index is -0.160. The Kier molecular flexibility index (Phi) is 3.34. The van der Waals surface area contributed by atoms with Crippen molar-refractivity contribution in [3.8, 4) is 0 Å². The van der Waals surface area contributed by atoms with Crippen LogP contribution in [0.3, 0.4) is 0 Å². The number of imidazole rings is 1. The molecule has 1 aliphatic rings. The first-order valence-electron chi connectivity index (χ1n) is 6.68. The van der Waals surface area contributed by atoms with Crippen LogP contribution in [0.15, 0.2) is 36.8 Å². The van der Waals surface area contributed by atoms with Crippen LogP contribution in [0.1, 0.15) is 29.5 Å². The number of aryl methyl sites for hydroxylation is 1. The zero-order valence-corrected chi connectivity index (χ0v) is 11.0. The largest absolute Gasteiger partial charge is 0.337 e. The van der Waals surface area contributed by atoms with Crippen molar-refractivity contribution in [1.82, 2.24) is 14.9 Å². The number of nitrogens with zero attached hydrogens (tertiary/aromatic N) is 2. The normalized spacial score (nSPS) is 23.5. The van der Waals surface area contributed by atoms with E-state index in [4.69, 9.17) is 0 Å². The summed E-state index contributed by atoms with van der Waals surface area (Å²) in [7, 11) is 2.02. The maximum Gasteiger partial charge on any atom is 0.123 e. The highest BCUT2D eigenvalue weighted by atomic mass is 19.1. The van der Waals surface area contributed by atoms with Gasteiger partial charge in [-0.1, -0.05) is 12.1 Å². The van der Waals surface area contributed by atoms with E-state index in [2.05, 4.69) is 14.9 Å². The standard InChI is InChI=1S/C15H18FN3/c1-19-10-18-9-15(19)13-5-6-17-8-14(13)11-3-2-4-12(16)7-11/h2-4,7,9-10,13-14,17H,5-6,8H2,1H3. The van der Waals surface area contributed by atoms with Crippen LogP contribution in [-0.2, 0) is 7.05 Å². The van der Waals surface area contributed by atoms with Crippen molar-refractivity contribution in [3.63, 3.8) is 0 Å². The third-order valence-electron chi connectivity index (χ3n) is 3.99. The molecule has 0 saturated carbocycles. The second-order valence-electron chi connectivity index (χ2n) is 5.19. The molecule has 1 aromatic carbocycles. The van der Waals surface area contributed by atoms with Gasteiger partial charge >= 0.3 is 0 Å². The summed E-state index contributed by atoms with van der Waals surface area (Å²) in [6, 6.07) is 6.96. The van der Waals surface area contributed by atoms with Gasteiger partial charge in [0.1, 0.15) is 5.82 Å². The van der Waals surface area contributed by atoms with Crippen LogP contribution in [0, 0.1) is 5.82 Å². The first-order chi connectivity index (χ1) is 9.25. The Bertz CT molecular complexity index is 564. The summed E-state index contributed by atoms with van der Waals surface area (Å²) in [6.07, 6.45) is 4.82. The molecule has 1 N–H and O–H groups in total. The third-order valence-corrected chi connectivity index (χ3v) is 3.99. The van der Waals surface area contributed by atoms with E-state index >= 15 is 0 Å². The number of nitrogens with one attached hydrogen (secondary N) is 1. The molecule has 2 unspecified atom stereocenters. The summed E-state index contributed by atoms with van der Waals surface area (Å²) in [5, 5.41) is 3.41. The van der Waals surface area contributed by atoms with Gasteiger partial charge in [-0.05, 0) is 30.7 Å². The second kappa shape index (κ2) is 5.13. The van der Waals surface area contributed by atoms with Crippen LogP contribution in [0.5, 0.6) is 0 Å². The van der Waals surface area contributed by atoms with Gasteiger partial charge in [-0.2, -0.15) is 0 Å². The first-order valence-corrected chi connectivity index (χ1v) is 6.68. The quantitative estimate of drug-likeness (QED) is 0.897. The Morgan fingerprint density at radius 1 is 1.37 bits per heavy atom. The molecule has 1 aromatic heterocycles. The second-order valence-corrected chi connectivity index (χ2v) is 5.19. The van der Waals surface area contributed by atoms with E-state index in [1.165, 1.54) is 11.8 Å². The molecule has 100 valence electrons. The van der Waals surface area contributed by atoms with E-state index in [9.17, 15) is 4.39 Å². The van der Waals surface area contributed by atoms with Crippen molar-refractivity contribution >= 4 is 0 Å². The number of hydrogen-bond donors (Lipinski definition) is 1. The third kappa shape index (κ3) is 2.40. The lowest BCUT2D eigenvalue weighted by Crippen LogP contribution is -2.34. The Morgan fingerprint density at radius 2 is 2.26 bits per heavy atom. The summed E-state index contributed by atoms with van der Waals surface area (Å²) in [5.41, 5.74) is 2.30. The molecule has 1 saturated heterocycles. The minimum Gasteiger partial charge on any atom is -0.337 e. The molecular formula is C15H18FN3. The van der Waals surface area contributed by atoms with Crippen LogP contribution >= 0.6 is 0 Å². The molecule has 2 atom stereocenters. The fourth-order valence-electron chi connectivity index (χ4n) is 3.02. The minimum absolute atomic E-state index is 0.160. The highest BCUT2D eigenvalue weighted by molar-refractivity contribution is 5.27. The SMILES string of the molecule is Cn1cncc1C1CCNCC1c1cccc(F)c1. The molecule has 2 aromatic rings. The van der Waals surface area contributed by atoms with Gasteiger partial charge < -0.3 is 9.88 Å².